The average molecular weight is 238 g/mol. The third-order valence-corrected chi connectivity index (χ3v) is 2.74. The molecular formula is C12H9Cl2N. The van der Waals surface area contributed by atoms with Crippen molar-refractivity contribution in [3.63, 3.8) is 0 Å². The second-order valence-corrected chi connectivity index (χ2v) is 3.81. The number of rotatable bonds is 2. The summed E-state index contributed by atoms with van der Waals surface area (Å²) in [5.74, 6) is 0.448. The molecule has 76 valence electrons. The summed E-state index contributed by atoms with van der Waals surface area (Å²) in [5.41, 5.74) is 2.96. The lowest BCUT2D eigenvalue weighted by Gasteiger charge is -2.05. The Morgan fingerprint density at radius 1 is 1.13 bits per heavy atom. The highest BCUT2D eigenvalue weighted by Crippen LogP contribution is 2.26. The van der Waals surface area contributed by atoms with Crippen LogP contribution in [-0.2, 0) is 5.88 Å². The lowest BCUT2D eigenvalue weighted by atomic mass is 10.1. The van der Waals surface area contributed by atoms with E-state index in [1.165, 1.54) is 0 Å². The van der Waals surface area contributed by atoms with E-state index in [0.29, 0.717) is 11.0 Å². The van der Waals surface area contributed by atoms with Gasteiger partial charge in [0.1, 0.15) is 5.15 Å². The molecule has 0 saturated heterocycles. The third-order valence-electron chi connectivity index (χ3n) is 2.13. The molecule has 0 spiro atoms. The summed E-state index contributed by atoms with van der Waals surface area (Å²) in [5, 5.41) is 0.509. The van der Waals surface area contributed by atoms with Crippen molar-refractivity contribution >= 4 is 23.2 Å². The summed E-state index contributed by atoms with van der Waals surface area (Å²) in [7, 11) is 0. The minimum Gasteiger partial charge on any atom is -0.244 e. The molecule has 0 aliphatic rings. The van der Waals surface area contributed by atoms with Crippen molar-refractivity contribution in [2.45, 2.75) is 5.88 Å². The van der Waals surface area contributed by atoms with Crippen molar-refractivity contribution < 1.29 is 0 Å². The fourth-order valence-electron chi connectivity index (χ4n) is 1.38. The summed E-state index contributed by atoms with van der Waals surface area (Å²) in [6.45, 7) is 0. The maximum absolute atomic E-state index is 6.03. The molecule has 3 heteroatoms. The van der Waals surface area contributed by atoms with Crippen molar-refractivity contribution in [3.05, 3.63) is 53.3 Å². The van der Waals surface area contributed by atoms with Crippen molar-refractivity contribution in [2.75, 3.05) is 0 Å². The Hall–Kier alpha value is -1.05. The highest BCUT2D eigenvalue weighted by molar-refractivity contribution is 6.32. The molecule has 0 N–H and O–H groups in total. The van der Waals surface area contributed by atoms with E-state index in [1.54, 1.807) is 6.20 Å². The van der Waals surface area contributed by atoms with Crippen LogP contribution in [-0.4, -0.2) is 4.98 Å². The van der Waals surface area contributed by atoms with Gasteiger partial charge in [0.25, 0.3) is 0 Å². The van der Waals surface area contributed by atoms with Crippen molar-refractivity contribution in [1.82, 2.24) is 4.98 Å². The Bertz CT molecular complexity index is 454. The summed E-state index contributed by atoms with van der Waals surface area (Å²) < 4.78 is 0. The first-order chi connectivity index (χ1) is 7.31. The number of aromatic nitrogens is 1. The van der Waals surface area contributed by atoms with E-state index in [1.807, 2.05) is 36.4 Å². The first kappa shape index (κ1) is 10.5. The number of halogens is 2. The van der Waals surface area contributed by atoms with Crippen LogP contribution in [0.3, 0.4) is 0 Å². The molecular weight excluding hydrogens is 229 g/mol. The van der Waals surface area contributed by atoms with Gasteiger partial charge in [-0.2, -0.15) is 0 Å². The van der Waals surface area contributed by atoms with Gasteiger partial charge in [0.2, 0.25) is 0 Å². The molecule has 1 nitrogen and oxygen atoms in total. The topological polar surface area (TPSA) is 12.9 Å². The van der Waals surface area contributed by atoms with Crippen LogP contribution in [0.1, 0.15) is 5.56 Å². The number of pyridine rings is 1. The van der Waals surface area contributed by atoms with Gasteiger partial charge in [-0.3, -0.25) is 0 Å². The van der Waals surface area contributed by atoms with Crippen LogP contribution in [0.25, 0.3) is 11.1 Å². The number of benzene rings is 1. The molecule has 0 saturated carbocycles. The predicted molar refractivity (Wildman–Crippen MR) is 64.2 cm³/mol. The van der Waals surface area contributed by atoms with Gasteiger partial charge in [0.15, 0.2) is 0 Å². The zero-order chi connectivity index (χ0) is 10.7. The molecule has 0 amide bonds. The molecule has 2 rings (SSSR count). The normalized spacial score (nSPS) is 10.3. The first-order valence-corrected chi connectivity index (χ1v) is 5.48. The smallest absolute Gasteiger partial charge is 0.136 e. The molecule has 1 aromatic heterocycles. The number of alkyl halides is 1. The maximum Gasteiger partial charge on any atom is 0.136 e. The molecule has 2 aromatic rings. The molecule has 15 heavy (non-hydrogen) atoms. The summed E-state index contributed by atoms with van der Waals surface area (Å²) in [6, 6.07) is 11.9. The molecule has 0 bridgehead atoms. The fourth-order valence-corrected chi connectivity index (χ4v) is 1.74. The van der Waals surface area contributed by atoms with Crippen LogP contribution < -0.4 is 0 Å². The van der Waals surface area contributed by atoms with Crippen molar-refractivity contribution in [1.29, 1.82) is 0 Å². The Labute approximate surface area is 98.7 Å². The number of hydrogen-bond acceptors (Lipinski definition) is 1. The quantitative estimate of drug-likeness (QED) is 0.566. The largest absolute Gasteiger partial charge is 0.244 e. The number of nitrogens with zero attached hydrogens (tertiary/aromatic N) is 1. The van der Waals surface area contributed by atoms with Gasteiger partial charge in [-0.1, -0.05) is 41.9 Å². The van der Waals surface area contributed by atoms with E-state index in [-0.39, 0.29) is 0 Å². The molecule has 0 unspecified atom stereocenters. The predicted octanol–water partition coefficient (Wildman–Crippen LogP) is 4.14. The number of hydrogen-bond donors (Lipinski definition) is 0. The lowest BCUT2D eigenvalue weighted by Crippen LogP contribution is -1.87. The first-order valence-electron chi connectivity index (χ1n) is 4.57. The molecule has 0 fully saturated rings. The monoisotopic (exact) mass is 237 g/mol. The van der Waals surface area contributed by atoms with Gasteiger partial charge in [0, 0.05) is 17.6 Å². The van der Waals surface area contributed by atoms with Gasteiger partial charge >= 0.3 is 0 Å². The van der Waals surface area contributed by atoms with Crippen LogP contribution in [0.15, 0.2) is 42.6 Å². The second kappa shape index (κ2) is 4.65. The van der Waals surface area contributed by atoms with Crippen LogP contribution in [0.2, 0.25) is 5.15 Å². The lowest BCUT2D eigenvalue weighted by molar-refractivity contribution is 1.25. The fraction of sp³-hybridized carbons (Fsp3) is 0.0833. The minimum absolute atomic E-state index is 0.448. The maximum atomic E-state index is 6.03. The average Bonchev–Trinajstić information content (AvgIpc) is 2.31. The van der Waals surface area contributed by atoms with Crippen molar-refractivity contribution in [3.8, 4) is 11.1 Å². The molecule has 0 radical (unpaired) electrons. The van der Waals surface area contributed by atoms with Crippen LogP contribution >= 0.6 is 23.2 Å². The Balaban J connectivity index is 2.52. The van der Waals surface area contributed by atoms with E-state index in [2.05, 4.69) is 4.98 Å². The van der Waals surface area contributed by atoms with E-state index < -0.39 is 0 Å². The summed E-state index contributed by atoms with van der Waals surface area (Å²) >= 11 is 11.8. The van der Waals surface area contributed by atoms with E-state index in [9.17, 15) is 0 Å². The molecule has 1 heterocycles. The van der Waals surface area contributed by atoms with Crippen molar-refractivity contribution in [2.24, 2.45) is 0 Å². The second-order valence-electron chi connectivity index (χ2n) is 3.18. The Kier molecular flexibility index (Phi) is 3.24. The van der Waals surface area contributed by atoms with Crippen LogP contribution in [0.5, 0.6) is 0 Å². The molecule has 0 atom stereocenters. The highest BCUT2D eigenvalue weighted by atomic mass is 35.5. The molecule has 0 aliphatic heterocycles. The van der Waals surface area contributed by atoms with E-state index >= 15 is 0 Å². The Morgan fingerprint density at radius 3 is 2.53 bits per heavy atom. The van der Waals surface area contributed by atoms with E-state index in [0.717, 1.165) is 16.7 Å². The summed E-state index contributed by atoms with van der Waals surface area (Å²) in [4.78, 5) is 4.11. The zero-order valence-electron chi connectivity index (χ0n) is 7.95. The van der Waals surface area contributed by atoms with Gasteiger partial charge in [-0.05, 0) is 17.2 Å². The van der Waals surface area contributed by atoms with Crippen LogP contribution in [0.4, 0.5) is 0 Å². The Morgan fingerprint density at radius 2 is 1.87 bits per heavy atom. The molecule has 0 aliphatic carbocycles. The summed E-state index contributed by atoms with van der Waals surface area (Å²) in [6.07, 6.45) is 1.70. The van der Waals surface area contributed by atoms with Gasteiger partial charge in [-0.25, -0.2) is 4.98 Å². The van der Waals surface area contributed by atoms with E-state index in [4.69, 9.17) is 23.2 Å². The molecule has 1 aromatic carbocycles. The SMILES string of the molecule is ClCc1cnc(Cl)c(-c2ccccc2)c1. The van der Waals surface area contributed by atoms with Gasteiger partial charge in [-0.15, -0.1) is 11.6 Å². The zero-order valence-corrected chi connectivity index (χ0v) is 9.46. The van der Waals surface area contributed by atoms with Gasteiger partial charge < -0.3 is 0 Å². The van der Waals surface area contributed by atoms with Crippen LogP contribution in [0, 0.1) is 0 Å². The highest BCUT2D eigenvalue weighted by Gasteiger charge is 2.05. The van der Waals surface area contributed by atoms with Gasteiger partial charge in [0.05, 0.1) is 0 Å². The standard InChI is InChI=1S/C12H9Cl2N/c13-7-9-6-11(12(14)15-8-9)10-4-2-1-3-5-10/h1-6,8H,7H2. The minimum atomic E-state index is 0.448. The third kappa shape index (κ3) is 2.31.